The summed E-state index contributed by atoms with van der Waals surface area (Å²) in [4.78, 5) is 65.8. The van der Waals surface area contributed by atoms with Gasteiger partial charge < -0.3 is 53.8 Å². The number of benzene rings is 1. The molecule has 0 spiro atoms. The van der Waals surface area contributed by atoms with Gasteiger partial charge in [-0.2, -0.15) is 0 Å². The van der Waals surface area contributed by atoms with Gasteiger partial charge in [-0.3, -0.25) is 23.7 Å². The molecule has 1 unspecified atom stereocenters. The molecule has 1 atom stereocenters. The van der Waals surface area contributed by atoms with E-state index in [-0.39, 0.29) is 120 Å². The Morgan fingerprint density at radius 1 is 0.695 bits per heavy atom. The Labute approximate surface area is 349 Å². The summed E-state index contributed by atoms with van der Waals surface area (Å²) in [6, 6.07) is 5.67. The molecule has 1 aromatic rings. The number of hydrogen-bond donors (Lipinski definition) is 3. The SMILES string of the molecule is C#CCOCCOCCCC(=O)CCC(CCC(=O)NCCOCCOCC#C)(CCC(=O)NCCOCCOCC#C)NC(=O)c1cccc(OP(=O)([O-])C(C)C)c1. The molecule has 59 heavy (non-hydrogen) atoms. The van der Waals surface area contributed by atoms with Gasteiger partial charge in [0.05, 0.1) is 52.9 Å². The number of terminal acetylenes is 3. The van der Waals surface area contributed by atoms with Gasteiger partial charge in [0, 0.05) is 62.1 Å². The molecule has 0 bridgehead atoms. The second-order valence-corrected chi connectivity index (χ2v) is 15.7. The summed E-state index contributed by atoms with van der Waals surface area (Å²) in [6.45, 7) is 6.49. The molecule has 0 aromatic heterocycles. The fraction of sp³-hybridized carbons (Fsp3) is 0.619. The highest BCUT2D eigenvalue weighted by molar-refractivity contribution is 7.52. The van der Waals surface area contributed by atoms with Crippen LogP contribution < -0.4 is 25.4 Å². The van der Waals surface area contributed by atoms with Gasteiger partial charge in [0.1, 0.15) is 31.4 Å². The molecule has 0 fully saturated rings. The van der Waals surface area contributed by atoms with Crippen molar-refractivity contribution in [1.82, 2.24) is 16.0 Å². The minimum atomic E-state index is -4.28. The zero-order chi connectivity index (χ0) is 43.6. The van der Waals surface area contributed by atoms with Crippen LogP contribution >= 0.6 is 7.60 Å². The lowest BCUT2D eigenvalue weighted by atomic mass is 9.82. The van der Waals surface area contributed by atoms with Crippen LogP contribution in [0.1, 0.15) is 75.6 Å². The van der Waals surface area contributed by atoms with E-state index < -0.39 is 24.7 Å². The molecule has 328 valence electrons. The standard InChI is InChI=1S/C42H62N3O13P/c1-6-22-52-28-31-55-25-10-12-37(46)14-17-42(18-15-39(47)43-20-26-56-32-29-53-23-7-2,19-16-40(48)44-21-27-57-33-30-54-24-8-3)45-41(49)36-11-9-13-38(34-36)58-59(50,51)35(4)5/h1-3,9,11,13,34-35H,10,12,14-33H2,4-5H3,(H,43,47)(H,44,48)(H,45,49)(H,50,51)/p-1. The first-order chi connectivity index (χ1) is 28.4. The van der Waals surface area contributed by atoms with E-state index >= 15 is 0 Å². The van der Waals surface area contributed by atoms with E-state index in [9.17, 15) is 28.6 Å². The predicted molar refractivity (Wildman–Crippen MR) is 219 cm³/mol. The average Bonchev–Trinajstić information content (AvgIpc) is 3.21. The average molecular weight is 847 g/mol. The molecule has 0 aliphatic carbocycles. The second kappa shape index (κ2) is 32.6. The molecule has 3 N–H and O–H groups in total. The van der Waals surface area contributed by atoms with Crippen LogP contribution in [0.5, 0.6) is 5.75 Å². The maximum absolute atomic E-state index is 13.9. The van der Waals surface area contributed by atoms with E-state index in [0.717, 1.165) is 0 Å². The van der Waals surface area contributed by atoms with E-state index in [1.54, 1.807) is 0 Å². The first kappa shape index (κ1) is 52.7. The maximum Gasteiger partial charge on any atom is 0.251 e. The van der Waals surface area contributed by atoms with Gasteiger partial charge in [-0.15, -0.1) is 19.3 Å². The van der Waals surface area contributed by atoms with Crippen LogP contribution in [0, 0.1) is 37.0 Å². The Hall–Kier alpha value is -4.27. The van der Waals surface area contributed by atoms with Gasteiger partial charge in [0.15, 0.2) is 7.60 Å². The fourth-order valence-corrected chi connectivity index (χ4v) is 5.78. The molecule has 0 aliphatic rings. The van der Waals surface area contributed by atoms with Crippen molar-refractivity contribution in [3.05, 3.63) is 29.8 Å². The van der Waals surface area contributed by atoms with Crippen LogP contribution in [0.3, 0.4) is 0 Å². The molecule has 0 heterocycles. The van der Waals surface area contributed by atoms with Crippen LogP contribution in [-0.2, 0) is 47.4 Å². The summed E-state index contributed by atoms with van der Waals surface area (Å²) < 4.78 is 49.7. The summed E-state index contributed by atoms with van der Waals surface area (Å²) in [5.41, 5.74) is -1.96. The van der Waals surface area contributed by atoms with Crippen molar-refractivity contribution in [2.75, 3.05) is 92.4 Å². The van der Waals surface area contributed by atoms with E-state index in [1.165, 1.54) is 38.1 Å². The number of amides is 3. The summed E-state index contributed by atoms with van der Waals surface area (Å²) in [5.74, 6) is 5.64. The smallest absolute Gasteiger partial charge is 0.251 e. The Morgan fingerprint density at radius 3 is 1.66 bits per heavy atom. The Bertz CT molecular complexity index is 1460. The highest BCUT2D eigenvalue weighted by Crippen LogP contribution is 2.43. The predicted octanol–water partition coefficient (Wildman–Crippen LogP) is 2.42. The normalized spacial score (nSPS) is 12.1. The number of rotatable bonds is 36. The van der Waals surface area contributed by atoms with Crippen molar-refractivity contribution in [3.63, 3.8) is 0 Å². The molecule has 3 amide bonds. The zero-order valence-electron chi connectivity index (χ0n) is 34.4. The molecular formula is C42H61N3O13P-. The monoisotopic (exact) mass is 846 g/mol. The number of ether oxygens (including phenoxy) is 6. The van der Waals surface area contributed by atoms with Gasteiger partial charge >= 0.3 is 0 Å². The molecular weight excluding hydrogens is 785 g/mol. The van der Waals surface area contributed by atoms with Gasteiger partial charge in [-0.05, 0) is 43.9 Å². The third kappa shape index (κ3) is 26.4. The Balaban J connectivity index is 3.18. The molecule has 17 heteroatoms. The molecule has 16 nitrogen and oxygen atoms in total. The number of ketones is 1. The molecule has 1 rings (SSSR count). The lowest BCUT2D eigenvalue weighted by molar-refractivity contribution is -0.192. The third-order valence-corrected chi connectivity index (χ3v) is 10.2. The van der Waals surface area contributed by atoms with E-state index in [0.29, 0.717) is 52.7 Å². The number of hydrogen-bond acceptors (Lipinski definition) is 13. The number of nitrogens with one attached hydrogen (secondary N) is 3. The van der Waals surface area contributed by atoms with Crippen molar-refractivity contribution >= 4 is 31.1 Å². The van der Waals surface area contributed by atoms with Crippen molar-refractivity contribution in [3.8, 4) is 42.8 Å². The van der Waals surface area contributed by atoms with Crippen LogP contribution in [0.15, 0.2) is 24.3 Å². The summed E-state index contributed by atoms with van der Waals surface area (Å²) in [6.07, 6.45) is 16.2. The van der Waals surface area contributed by atoms with E-state index in [1.807, 2.05) is 0 Å². The first-order valence-electron chi connectivity index (χ1n) is 19.6. The van der Waals surface area contributed by atoms with Gasteiger partial charge in [-0.1, -0.05) is 37.7 Å². The van der Waals surface area contributed by atoms with Gasteiger partial charge in [0.25, 0.3) is 5.91 Å². The lowest BCUT2D eigenvalue weighted by Crippen LogP contribution is -2.50. The summed E-state index contributed by atoms with van der Waals surface area (Å²) in [5, 5.41) is 8.59. The van der Waals surface area contributed by atoms with Crippen molar-refractivity contribution < 1.29 is 61.6 Å². The topological polar surface area (TPSA) is 209 Å². The molecule has 1 aromatic carbocycles. The van der Waals surface area contributed by atoms with Crippen LogP contribution in [0.2, 0.25) is 0 Å². The molecule has 0 radical (unpaired) electrons. The Kier molecular flexibility index (Phi) is 29.1. The number of carbonyl (C=O) groups excluding carboxylic acids is 4. The summed E-state index contributed by atoms with van der Waals surface area (Å²) in [7, 11) is -4.28. The molecule has 0 saturated heterocycles. The van der Waals surface area contributed by atoms with Gasteiger partial charge in [0.2, 0.25) is 11.8 Å². The fourth-order valence-electron chi connectivity index (χ4n) is 5.16. The van der Waals surface area contributed by atoms with Crippen molar-refractivity contribution in [1.29, 1.82) is 0 Å². The summed E-state index contributed by atoms with van der Waals surface area (Å²) >= 11 is 0. The minimum absolute atomic E-state index is 0.0247. The maximum atomic E-state index is 13.9. The number of Topliss-reactive ketones (excluding diaryl/α,β-unsaturated/α-hetero) is 1. The van der Waals surface area contributed by atoms with Crippen LogP contribution in [0.25, 0.3) is 0 Å². The zero-order valence-corrected chi connectivity index (χ0v) is 35.3. The molecule has 0 saturated carbocycles. The largest absolute Gasteiger partial charge is 0.769 e. The Morgan fingerprint density at radius 2 is 1.17 bits per heavy atom. The first-order valence-corrected chi connectivity index (χ1v) is 21.2. The van der Waals surface area contributed by atoms with Crippen LogP contribution in [0.4, 0.5) is 0 Å². The quantitative estimate of drug-likeness (QED) is 0.0505. The van der Waals surface area contributed by atoms with E-state index in [4.69, 9.17) is 52.2 Å². The highest BCUT2D eigenvalue weighted by atomic mass is 31.2. The number of carbonyl (C=O) groups is 4. The highest BCUT2D eigenvalue weighted by Gasteiger charge is 2.34. The van der Waals surface area contributed by atoms with Crippen LogP contribution in [-0.4, -0.2) is 127 Å². The molecule has 0 aliphatic heterocycles. The third-order valence-electron chi connectivity index (χ3n) is 8.44. The minimum Gasteiger partial charge on any atom is -0.769 e. The second-order valence-electron chi connectivity index (χ2n) is 13.4. The van der Waals surface area contributed by atoms with Crippen molar-refractivity contribution in [2.45, 2.75) is 76.4 Å². The lowest BCUT2D eigenvalue weighted by Gasteiger charge is -2.35. The van der Waals surface area contributed by atoms with Gasteiger partial charge in [-0.25, -0.2) is 0 Å². The van der Waals surface area contributed by atoms with Crippen molar-refractivity contribution in [2.24, 2.45) is 0 Å². The van der Waals surface area contributed by atoms with E-state index in [2.05, 4.69) is 33.7 Å².